The average molecular weight is 202 g/mol. The second-order valence-corrected chi connectivity index (χ2v) is 3.87. The number of hydrogen-bond acceptors (Lipinski definition) is 4. The maximum absolute atomic E-state index is 9.12. The van der Waals surface area contributed by atoms with Gasteiger partial charge in [0.15, 0.2) is 0 Å². The summed E-state index contributed by atoms with van der Waals surface area (Å²) in [6.07, 6.45) is 3.47. The number of likely N-dealkylation sites (tertiary alicyclic amines) is 1. The lowest BCUT2D eigenvalue weighted by Gasteiger charge is -2.41. The van der Waals surface area contributed by atoms with Crippen LogP contribution < -0.4 is 5.73 Å². The first-order chi connectivity index (χ1) is 7.35. The van der Waals surface area contributed by atoms with E-state index < -0.39 is 0 Å². The van der Waals surface area contributed by atoms with E-state index in [1.54, 1.807) is 12.4 Å². The highest BCUT2D eigenvalue weighted by Gasteiger charge is 2.32. The molecule has 1 atom stereocenters. The molecule has 0 unspecified atom stereocenters. The fraction of sp³-hybridized carbons (Fsp3) is 0.455. The molecular weight excluding hydrogens is 188 g/mol. The van der Waals surface area contributed by atoms with Crippen LogP contribution in [-0.2, 0) is 0 Å². The summed E-state index contributed by atoms with van der Waals surface area (Å²) in [6, 6.07) is 5.95. The predicted octanol–water partition coefficient (Wildman–Crippen LogP) is 0.537. The van der Waals surface area contributed by atoms with E-state index in [0.717, 1.165) is 18.7 Å². The molecule has 15 heavy (non-hydrogen) atoms. The largest absolute Gasteiger partial charge is 0.330 e. The van der Waals surface area contributed by atoms with Gasteiger partial charge in [0, 0.05) is 31.0 Å². The van der Waals surface area contributed by atoms with Crippen LogP contribution in [-0.4, -0.2) is 29.5 Å². The van der Waals surface area contributed by atoms with Crippen molar-refractivity contribution in [1.29, 1.82) is 5.26 Å². The SMILES string of the molecule is N#C[C@H](c1cccnc1)N1CC(CN)C1. The van der Waals surface area contributed by atoms with E-state index in [1.165, 1.54) is 0 Å². The Morgan fingerprint density at radius 1 is 1.67 bits per heavy atom. The first-order valence-electron chi connectivity index (χ1n) is 5.09. The molecule has 1 aromatic rings. The van der Waals surface area contributed by atoms with E-state index in [2.05, 4.69) is 16.0 Å². The van der Waals surface area contributed by atoms with Crippen molar-refractivity contribution in [2.75, 3.05) is 19.6 Å². The molecule has 78 valence electrons. The van der Waals surface area contributed by atoms with E-state index >= 15 is 0 Å². The van der Waals surface area contributed by atoms with E-state index in [9.17, 15) is 0 Å². The Labute approximate surface area is 89.3 Å². The number of pyridine rings is 1. The fourth-order valence-electron chi connectivity index (χ4n) is 1.87. The summed E-state index contributed by atoms with van der Waals surface area (Å²) in [5, 5.41) is 9.12. The summed E-state index contributed by atoms with van der Waals surface area (Å²) in [4.78, 5) is 6.16. The molecule has 0 aromatic carbocycles. The molecule has 1 aliphatic rings. The Kier molecular flexibility index (Phi) is 2.95. The zero-order chi connectivity index (χ0) is 10.7. The minimum Gasteiger partial charge on any atom is -0.330 e. The van der Waals surface area contributed by atoms with Gasteiger partial charge in [0.1, 0.15) is 6.04 Å². The molecule has 1 aromatic heterocycles. The van der Waals surface area contributed by atoms with Crippen LogP contribution in [0.2, 0.25) is 0 Å². The summed E-state index contributed by atoms with van der Waals surface area (Å²) in [6.45, 7) is 2.55. The molecule has 4 nitrogen and oxygen atoms in total. The van der Waals surface area contributed by atoms with E-state index in [1.807, 2.05) is 12.1 Å². The summed E-state index contributed by atoms with van der Waals surface area (Å²) in [5.41, 5.74) is 6.52. The first kappa shape index (κ1) is 10.1. The van der Waals surface area contributed by atoms with Crippen molar-refractivity contribution < 1.29 is 0 Å². The molecule has 2 rings (SSSR count). The highest BCUT2D eigenvalue weighted by molar-refractivity contribution is 5.21. The highest BCUT2D eigenvalue weighted by Crippen LogP contribution is 2.27. The van der Waals surface area contributed by atoms with Crippen molar-refractivity contribution in [3.8, 4) is 6.07 Å². The quantitative estimate of drug-likeness (QED) is 0.776. The van der Waals surface area contributed by atoms with Crippen LogP contribution >= 0.6 is 0 Å². The van der Waals surface area contributed by atoms with Gasteiger partial charge in [-0.1, -0.05) is 6.07 Å². The standard InChI is InChI=1S/C11H14N4/c12-4-9-7-15(8-9)11(5-13)10-2-1-3-14-6-10/h1-3,6,9,11H,4,7-8,12H2/t11-/m1/s1. The maximum atomic E-state index is 9.12. The molecule has 4 heteroatoms. The Morgan fingerprint density at radius 2 is 2.47 bits per heavy atom. The van der Waals surface area contributed by atoms with Crippen molar-refractivity contribution >= 4 is 0 Å². The third kappa shape index (κ3) is 1.99. The van der Waals surface area contributed by atoms with Crippen LogP contribution in [0.1, 0.15) is 11.6 Å². The van der Waals surface area contributed by atoms with Gasteiger partial charge in [0.2, 0.25) is 0 Å². The molecule has 0 aliphatic carbocycles. The van der Waals surface area contributed by atoms with Gasteiger partial charge in [-0.05, 0) is 18.5 Å². The third-order valence-corrected chi connectivity index (χ3v) is 2.81. The van der Waals surface area contributed by atoms with Crippen molar-refractivity contribution in [3.63, 3.8) is 0 Å². The smallest absolute Gasteiger partial charge is 0.125 e. The minimum absolute atomic E-state index is 0.165. The second-order valence-electron chi connectivity index (χ2n) is 3.87. The monoisotopic (exact) mass is 202 g/mol. The van der Waals surface area contributed by atoms with Gasteiger partial charge in [-0.2, -0.15) is 5.26 Å². The number of aromatic nitrogens is 1. The summed E-state index contributed by atoms with van der Waals surface area (Å²) in [7, 11) is 0. The van der Waals surface area contributed by atoms with Gasteiger partial charge in [0.05, 0.1) is 6.07 Å². The van der Waals surface area contributed by atoms with Crippen LogP contribution in [0.3, 0.4) is 0 Å². The zero-order valence-corrected chi connectivity index (χ0v) is 8.50. The molecule has 0 bridgehead atoms. The van der Waals surface area contributed by atoms with Gasteiger partial charge in [0.25, 0.3) is 0 Å². The maximum Gasteiger partial charge on any atom is 0.125 e. The van der Waals surface area contributed by atoms with Crippen LogP contribution in [0.4, 0.5) is 0 Å². The van der Waals surface area contributed by atoms with Gasteiger partial charge in [-0.3, -0.25) is 9.88 Å². The minimum atomic E-state index is -0.165. The van der Waals surface area contributed by atoms with E-state index in [4.69, 9.17) is 11.0 Å². The molecule has 0 amide bonds. The number of nitrogens with two attached hydrogens (primary N) is 1. The number of rotatable bonds is 3. The van der Waals surface area contributed by atoms with Gasteiger partial charge >= 0.3 is 0 Å². The van der Waals surface area contributed by atoms with Crippen LogP contribution in [0.5, 0.6) is 0 Å². The van der Waals surface area contributed by atoms with E-state index in [0.29, 0.717) is 12.5 Å². The lowest BCUT2D eigenvalue weighted by Crippen LogP contribution is -2.50. The van der Waals surface area contributed by atoms with Crippen molar-refractivity contribution in [1.82, 2.24) is 9.88 Å². The Morgan fingerprint density at radius 3 is 3.00 bits per heavy atom. The molecule has 1 fully saturated rings. The Balaban J connectivity index is 2.04. The topological polar surface area (TPSA) is 65.9 Å². The fourth-order valence-corrected chi connectivity index (χ4v) is 1.87. The second kappa shape index (κ2) is 4.39. The summed E-state index contributed by atoms with van der Waals surface area (Å²) < 4.78 is 0. The molecule has 2 N–H and O–H groups in total. The Hall–Kier alpha value is -1.44. The van der Waals surface area contributed by atoms with Crippen molar-refractivity contribution in [2.24, 2.45) is 11.7 Å². The molecular formula is C11H14N4. The van der Waals surface area contributed by atoms with Crippen LogP contribution in [0.25, 0.3) is 0 Å². The molecule has 0 radical (unpaired) electrons. The van der Waals surface area contributed by atoms with Crippen LogP contribution in [0.15, 0.2) is 24.5 Å². The zero-order valence-electron chi connectivity index (χ0n) is 8.50. The lowest BCUT2D eigenvalue weighted by atomic mass is 9.96. The molecule has 1 saturated heterocycles. The number of hydrogen-bond donors (Lipinski definition) is 1. The molecule has 0 saturated carbocycles. The third-order valence-electron chi connectivity index (χ3n) is 2.81. The molecule has 2 heterocycles. The van der Waals surface area contributed by atoms with Gasteiger partial charge in [-0.15, -0.1) is 0 Å². The van der Waals surface area contributed by atoms with Gasteiger partial charge < -0.3 is 5.73 Å². The Bertz CT molecular complexity index is 351. The average Bonchev–Trinajstić information content (AvgIpc) is 2.24. The normalized spacial score (nSPS) is 19.2. The number of nitrogens with zero attached hydrogens (tertiary/aromatic N) is 3. The molecule has 0 spiro atoms. The van der Waals surface area contributed by atoms with Gasteiger partial charge in [-0.25, -0.2) is 0 Å². The summed E-state index contributed by atoms with van der Waals surface area (Å²) in [5.74, 6) is 0.553. The first-order valence-corrected chi connectivity index (χ1v) is 5.09. The highest BCUT2D eigenvalue weighted by atomic mass is 15.2. The lowest BCUT2D eigenvalue weighted by molar-refractivity contribution is 0.0797. The van der Waals surface area contributed by atoms with E-state index in [-0.39, 0.29) is 6.04 Å². The molecule has 1 aliphatic heterocycles. The number of nitriles is 1. The summed E-state index contributed by atoms with van der Waals surface area (Å²) >= 11 is 0. The van der Waals surface area contributed by atoms with Crippen LogP contribution in [0, 0.1) is 17.2 Å². The van der Waals surface area contributed by atoms with Crippen molar-refractivity contribution in [3.05, 3.63) is 30.1 Å². The van der Waals surface area contributed by atoms with Crippen molar-refractivity contribution in [2.45, 2.75) is 6.04 Å². The predicted molar refractivity (Wildman–Crippen MR) is 56.7 cm³/mol.